The van der Waals surface area contributed by atoms with Crippen molar-refractivity contribution in [1.29, 1.82) is 0 Å². The van der Waals surface area contributed by atoms with Gasteiger partial charge >= 0.3 is 6.03 Å². The van der Waals surface area contributed by atoms with Crippen molar-refractivity contribution in [2.24, 2.45) is 0 Å². The summed E-state index contributed by atoms with van der Waals surface area (Å²) < 4.78 is 0. The van der Waals surface area contributed by atoms with Crippen molar-refractivity contribution in [1.82, 2.24) is 20.4 Å². The quantitative estimate of drug-likeness (QED) is 0.743. The number of carbonyl (C=O) groups excluding carboxylic acids is 1. The number of rotatable bonds is 1. The van der Waals surface area contributed by atoms with Gasteiger partial charge in [-0.15, -0.1) is 24.8 Å². The van der Waals surface area contributed by atoms with Gasteiger partial charge in [0.25, 0.3) is 0 Å². The lowest BCUT2D eigenvalue weighted by atomic mass is 10.1. The highest BCUT2D eigenvalue weighted by molar-refractivity contribution is 5.85. The Balaban J connectivity index is 0.00000144. The van der Waals surface area contributed by atoms with E-state index < -0.39 is 0 Å². The van der Waals surface area contributed by atoms with Crippen molar-refractivity contribution in [3.8, 4) is 0 Å². The van der Waals surface area contributed by atoms with Gasteiger partial charge in [-0.25, -0.2) is 4.79 Å². The number of urea groups is 1. The Morgan fingerprint density at radius 1 is 1.22 bits per heavy atom. The molecule has 2 N–H and O–H groups in total. The zero-order chi connectivity index (χ0) is 11.4. The van der Waals surface area contributed by atoms with Crippen LogP contribution in [0.2, 0.25) is 0 Å². The Labute approximate surface area is 121 Å². The summed E-state index contributed by atoms with van der Waals surface area (Å²) in [6.07, 6.45) is 2.26. The van der Waals surface area contributed by atoms with E-state index in [1.165, 1.54) is 0 Å². The molecule has 2 heterocycles. The number of nitrogens with zero attached hydrogens (tertiary/aromatic N) is 2. The molecule has 5 nitrogen and oxygen atoms in total. The van der Waals surface area contributed by atoms with Crippen molar-refractivity contribution >= 4 is 30.8 Å². The number of hydrogen-bond donors (Lipinski definition) is 2. The molecule has 0 saturated carbocycles. The van der Waals surface area contributed by atoms with Crippen LogP contribution >= 0.6 is 24.8 Å². The SMILES string of the molecule is CN1CCN(C(=O)N[C@@H]2CCCNC2)CC1.Cl.Cl. The minimum absolute atomic E-state index is 0. The topological polar surface area (TPSA) is 47.6 Å². The minimum Gasteiger partial charge on any atom is -0.334 e. The van der Waals surface area contributed by atoms with E-state index in [1.54, 1.807) is 0 Å². The second-order valence-corrected chi connectivity index (χ2v) is 4.78. The molecule has 0 spiro atoms. The highest BCUT2D eigenvalue weighted by atomic mass is 35.5. The van der Waals surface area contributed by atoms with Gasteiger partial charge < -0.3 is 20.4 Å². The first-order valence-corrected chi connectivity index (χ1v) is 6.20. The monoisotopic (exact) mass is 298 g/mol. The summed E-state index contributed by atoms with van der Waals surface area (Å²) in [7, 11) is 2.10. The summed E-state index contributed by atoms with van der Waals surface area (Å²) in [5.74, 6) is 0. The molecule has 0 bridgehead atoms. The Morgan fingerprint density at radius 3 is 2.44 bits per heavy atom. The molecule has 18 heavy (non-hydrogen) atoms. The maximum atomic E-state index is 11.9. The molecule has 2 amide bonds. The van der Waals surface area contributed by atoms with Crippen LogP contribution in [0.4, 0.5) is 4.79 Å². The van der Waals surface area contributed by atoms with Crippen LogP contribution in [-0.2, 0) is 0 Å². The summed E-state index contributed by atoms with van der Waals surface area (Å²) in [6, 6.07) is 0.433. The van der Waals surface area contributed by atoms with Gasteiger partial charge in [0.05, 0.1) is 0 Å². The lowest BCUT2D eigenvalue weighted by molar-refractivity contribution is 0.150. The predicted molar refractivity (Wildman–Crippen MR) is 78.0 cm³/mol. The maximum Gasteiger partial charge on any atom is 0.317 e. The van der Waals surface area contributed by atoms with E-state index in [4.69, 9.17) is 0 Å². The second-order valence-electron chi connectivity index (χ2n) is 4.78. The number of amides is 2. The van der Waals surface area contributed by atoms with Crippen molar-refractivity contribution in [2.45, 2.75) is 18.9 Å². The zero-order valence-electron chi connectivity index (χ0n) is 10.9. The van der Waals surface area contributed by atoms with Crippen molar-refractivity contribution in [3.63, 3.8) is 0 Å². The number of halogens is 2. The third-order valence-electron chi connectivity index (χ3n) is 3.41. The highest BCUT2D eigenvalue weighted by Gasteiger charge is 2.22. The molecule has 0 aromatic carbocycles. The molecule has 0 aliphatic carbocycles. The molecule has 0 aromatic rings. The largest absolute Gasteiger partial charge is 0.334 e. The molecule has 1 atom stereocenters. The minimum atomic E-state index is 0. The van der Waals surface area contributed by atoms with Gasteiger partial charge in [-0.05, 0) is 26.4 Å². The van der Waals surface area contributed by atoms with Crippen molar-refractivity contribution < 1.29 is 4.79 Å². The molecule has 2 aliphatic rings. The van der Waals surface area contributed by atoms with Gasteiger partial charge in [0.15, 0.2) is 0 Å². The standard InChI is InChI=1S/C11H22N4O.2ClH/c1-14-5-7-15(8-6-14)11(16)13-10-3-2-4-12-9-10;;/h10,12H,2-9H2,1H3,(H,13,16);2*1H/t10-;;/m1../s1. The summed E-state index contributed by atoms with van der Waals surface area (Å²) in [5.41, 5.74) is 0. The first-order chi connectivity index (χ1) is 7.75. The van der Waals surface area contributed by atoms with Crippen LogP contribution in [0, 0.1) is 0 Å². The predicted octanol–water partition coefficient (Wildman–Crippen LogP) is 0.539. The van der Waals surface area contributed by atoms with Gasteiger partial charge in [0, 0.05) is 38.8 Å². The van der Waals surface area contributed by atoms with Crippen LogP contribution in [0.3, 0.4) is 0 Å². The fraction of sp³-hybridized carbons (Fsp3) is 0.909. The van der Waals surface area contributed by atoms with Crippen molar-refractivity contribution in [3.05, 3.63) is 0 Å². The van der Waals surface area contributed by atoms with Gasteiger partial charge in [0.2, 0.25) is 0 Å². The Morgan fingerprint density at radius 2 is 1.89 bits per heavy atom. The molecule has 2 fully saturated rings. The van der Waals surface area contributed by atoms with E-state index in [9.17, 15) is 4.79 Å². The normalized spacial score (nSPS) is 24.7. The number of hydrogen-bond acceptors (Lipinski definition) is 3. The fourth-order valence-electron chi connectivity index (χ4n) is 2.25. The van der Waals surface area contributed by atoms with Crippen molar-refractivity contribution in [2.75, 3.05) is 46.3 Å². The maximum absolute atomic E-state index is 11.9. The smallest absolute Gasteiger partial charge is 0.317 e. The first kappa shape index (κ1) is 17.8. The number of carbonyl (C=O) groups is 1. The molecule has 108 valence electrons. The van der Waals surface area contributed by atoms with E-state index in [0.29, 0.717) is 6.04 Å². The summed E-state index contributed by atoms with van der Waals surface area (Å²) >= 11 is 0. The average molecular weight is 299 g/mol. The number of likely N-dealkylation sites (N-methyl/N-ethyl adjacent to an activating group) is 1. The molecule has 0 unspecified atom stereocenters. The highest BCUT2D eigenvalue weighted by Crippen LogP contribution is 2.04. The molecular formula is C11H24Cl2N4O. The molecule has 2 aliphatic heterocycles. The zero-order valence-corrected chi connectivity index (χ0v) is 12.5. The van der Waals surface area contributed by atoms with Gasteiger partial charge in [-0.1, -0.05) is 0 Å². The third kappa shape index (κ3) is 5.18. The Kier molecular flexibility index (Phi) is 8.69. The second kappa shape index (κ2) is 8.80. The van der Waals surface area contributed by atoms with E-state index in [-0.39, 0.29) is 30.8 Å². The Hall–Kier alpha value is -0.230. The molecule has 7 heteroatoms. The van der Waals surface area contributed by atoms with Crippen LogP contribution in [0.1, 0.15) is 12.8 Å². The van der Waals surface area contributed by atoms with E-state index in [0.717, 1.165) is 52.1 Å². The van der Waals surface area contributed by atoms with Gasteiger partial charge in [0.1, 0.15) is 0 Å². The summed E-state index contributed by atoms with van der Waals surface area (Å²) in [4.78, 5) is 16.1. The van der Waals surface area contributed by atoms with Gasteiger partial charge in [-0.3, -0.25) is 0 Å². The number of nitrogens with one attached hydrogen (secondary N) is 2. The lowest BCUT2D eigenvalue weighted by Crippen LogP contribution is -2.54. The molecule has 2 rings (SSSR count). The fourth-order valence-corrected chi connectivity index (χ4v) is 2.25. The van der Waals surface area contributed by atoms with Crippen LogP contribution in [-0.4, -0.2) is 68.2 Å². The van der Waals surface area contributed by atoms with E-state index in [1.807, 2.05) is 4.90 Å². The van der Waals surface area contributed by atoms with Crippen LogP contribution in [0.25, 0.3) is 0 Å². The number of piperidine rings is 1. The summed E-state index contributed by atoms with van der Waals surface area (Å²) in [5, 5.41) is 6.42. The van der Waals surface area contributed by atoms with E-state index in [2.05, 4.69) is 22.6 Å². The Bertz CT molecular complexity index is 241. The van der Waals surface area contributed by atoms with Crippen LogP contribution in [0.15, 0.2) is 0 Å². The molecule has 0 radical (unpaired) electrons. The molecule has 2 saturated heterocycles. The van der Waals surface area contributed by atoms with Gasteiger partial charge in [-0.2, -0.15) is 0 Å². The summed E-state index contributed by atoms with van der Waals surface area (Å²) in [6.45, 7) is 5.66. The molecule has 0 aromatic heterocycles. The lowest BCUT2D eigenvalue weighted by Gasteiger charge is -2.34. The average Bonchev–Trinajstić information content (AvgIpc) is 2.31. The first-order valence-electron chi connectivity index (χ1n) is 6.20. The van der Waals surface area contributed by atoms with E-state index >= 15 is 0 Å². The van der Waals surface area contributed by atoms with Crippen LogP contribution < -0.4 is 10.6 Å². The van der Waals surface area contributed by atoms with Crippen LogP contribution in [0.5, 0.6) is 0 Å². The molecular weight excluding hydrogens is 275 g/mol. The third-order valence-corrected chi connectivity index (χ3v) is 3.41. The number of piperazine rings is 1.